The highest BCUT2D eigenvalue weighted by molar-refractivity contribution is 6.28. The number of rotatable bonds is 3. The summed E-state index contributed by atoms with van der Waals surface area (Å²) < 4.78 is 0. The van der Waals surface area contributed by atoms with E-state index in [0.717, 1.165) is 19.3 Å². The summed E-state index contributed by atoms with van der Waals surface area (Å²) in [6.07, 6.45) is 4.43. The average Bonchev–Trinajstić information content (AvgIpc) is 2.65. The van der Waals surface area contributed by atoms with Crippen LogP contribution in [0.2, 0.25) is 5.28 Å². The Hall–Kier alpha value is -0.940. The van der Waals surface area contributed by atoms with E-state index in [-0.39, 0.29) is 11.9 Å². The van der Waals surface area contributed by atoms with Gasteiger partial charge in [-0.3, -0.25) is 0 Å². The van der Waals surface area contributed by atoms with E-state index in [1.165, 1.54) is 6.33 Å². The molecule has 1 aliphatic carbocycles. The van der Waals surface area contributed by atoms with Crippen molar-refractivity contribution < 1.29 is 5.11 Å². The smallest absolute Gasteiger partial charge is 0.227 e. The van der Waals surface area contributed by atoms with E-state index in [2.05, 4.69) is 20.3 Å². The molecule has 0 aliphatic heterocycles. The van der Waals surface area contributed by atoms with Gasteiger partial charge in [-0.25, -0.2) is 9.97 Å². The molecule has 1 saturated carbocycles. The first-order valence-electron chi connectivity index (χ1n) is 5.00. The van der Waals surface area contributed by atoms with Crippen LogP contribution in [0.15, 0.2) is 6.33 Å². The van der Waals surface area contributed by atoms with E-state index in [9.17, 15) is 0 Å². The number of hydrogen-bond donors (Lipinski definition) is 2. The van der Waals surface area contributed by atoms with Crippen LogP contribution in [0.3, 0.4) is 0 Å². The standard InChI is InChI=1S/C9H13ClN4O/c10-8-11-5-12-9(14-8)13-7-2-1-6(3-7)4-15/h5-7,15H,1-4H2,(H,11,12,13,14)/t6-,7+/m1/s1. The van der Waals surface area contributed by atoms with E-state index in [4.69, 9.17) is 16.7 Å². The molecule has 5 nitrogen and oxygen atoms in total. The first-order chi connectivity index (χ1) is 7.28. The molecule has 2 atom stereocenters. The maximum atomic E-state index is 9.00. The molecule has 0 saturated heterocycles. The summed E-state index contributed by atoms with van der Waals surface area (Å²) in [4.78, 5) is 11.6. The summed E-state index contributed by atoms with van der Waals surface area (Å²) in [6.45, 7) is 0.260. The van der Waals surface area contributed by atoms with Gasteiger partial charge in [0.1, 0.15) is 6.33 Å². The fourth-order valence-corrected chi connectivity index (χ4v) is 2.02. The Morgan fingerprint density at radius 3 is 3.00 bits per heavy atom. The summed E-state index contributed by atoms with van der Waals surface area (Å²) in [5, 5.41) is 12.4. The molecule has 1 aromatic heterocycles. The molecule has 1 fully saturated rings. The maximum Gasteiger partial charge on any atom is 0.227 e. The normalized spacial score (nSPS) is 25.5. The van der Waals surface area contributed by atoms with Crippen LogP contribution in [-0.2, 0) is 0 Å². The van der Waals surface area contributed by atoms with Gasteiger partial charge in [-0.15, -0.1) is 0 Å². The molecule has 0 spiro atoms. The van der Waals surface area contributed by atoms with Crippen LogP contribution in [0.4, 0.5) is 5.95 Å². The van der Waals surface area contributed by atoms with Crippen molar-refractivity contribution in [3.05, 3.63) is 11.6 Å². The topological polar surface area (TPSA) is 70.9 Å². The van der Waals surface area contributed by atoms with Crippen LogP contribution >= 0.6 is 11.6 Å². The third-order valence-electron chi connectivity index (χ3n) is 2.68. The fraction of sp³-hybridized carbons (Fsp3) is 0.667. The molecule has 0 bridgehead atoms. The largest absolute Gasteiger partial charge is 0.396 e. The molecular formula is C9H13ClN4O. The van der Waals surface area contributed by atoms with Crippen molar-refractivity contribution in [3.63, 3.8) is 0 Å². The van der Waals surface area contributed by atoms with Gasteiger partial charge in [-0.2, -0.15) is 4.98 Å². The first kappa shape index (κ1) is 10.6. The van der Waals surface area contributed by atoms with Crippen molar-refractivity contribution in [2.24, 2.45) is 5.92 Å². The minimum absolute atomic E-state index is 0.198. The summed E-state index contributed by atoms with van der Waals surface area (Å²) in [7, 11) is 0. The van der Waals surface area contributed by atoms with Crippen LogP contribution in [0.1, 0.15) is 19.3 Å². The van der Waals surface area contributed by atoms with E-state index >= 15 is 0 Å². The lowest BCUT2D eigenvalue weighted by atomic mass is 10.1. The predicted molar refractivity (Wildman–Crippen MR) is 56.7 cm³/mol. The lowest BCUT2D eigenvalue weighted by Gasteiger charge is -2.11. The van der Waals surface area contributed by atoms with Crippen LogP contribution < -0.4 is 5.32 Å². The highest BCUT2D eigenvalue weighted by atomic mass is 35.5. The van der Waals surface area contributed by atoms with Crippen LogP contribution in [0.25, 0.3) is 0 Å². The number of halogens is 1. The van der Waals surface area contributed by atoms with Crippen molar-refractivity contribution in [2.75, 3.05) is 11.9 Å². The zero-order valence-electron chi connectivity index (χ0n) is 8.23. The molecular weight excluding hydrogens is 216 g/mol. The minimum Gasteiger partial charge on any atom is -0.396 e. The van der Waals surface area contributed by atoms with Gasteiger partial charge in [0, 0.05) is 12.6 Å². The third-order valence-corrected chi connectivity index (χ3v) is 2.86. The van der Waals surface area contributed by atoms with Gasteiger partial charge in [0.2, 0.25) is 11.2 Å². The number of aliphatic hydroxyl groups is 1. The number of nitrogens with one attached hydrogen (secondary N) is 1. The lowest BCUT2D eigenvalue weighted by molar-refractivity contribution is 0.229. The monoisotopic (exact) mass is 228 g/mol. The number of hydrogen-bond acceptors (Lipinski definition) is 5. The van der Waals surface area contributed by atoms with E-state index in [0.29, 0.717) is 17.9 Å². The van der Waals surface area contributed by atoms with E-state index in [1.807, 2.05) is 0 Å². The van der Waals surface area contributed by atoms with Crippen LogP contribution in [0.5, 0.6) is 0 Å². The average molecular weight is 229 g/mol. The summed E-state index contributed by atoms with van der Waals surface area (Å²) in [5.74, 6) is 0.915. The zero-order chi connectivity index (χ0) is 10.7. The molecule has 1 aromatic rings. The van der Waals surface area contributed by atoms with Crippen LogP contribution in [-0.4, -0.2) is 32.7 Å². The zero-order valence-corrected chi connectivity index (χ0v) is 8.98. The maximum absolute atomic E-state index is 9.00. The van der Waals surface area contributed by atoms with Gasteiger partial charge in [-0.1, -0.05) is 0 Å². The van der Waals surface area contributed by atoms with E-state index in [1.54, 1.807) is 0 Å². The molecule has 2 rings (SSSR count). The SMILES string of the molecule is OC[C@@H]1CC[C@H](Nc2ncnc(Cl)n2)C1. The van der Waals surface area contributed by atoms with Gasteiger partial charge in [0.05, 0.1) is 0 Å². The van der Waals surface area contributed by atoms with Crippen molar-refractivity contribution in [2.45, 2.75) is 25.3 Å². The van der Waals surface area contributed by atoms with Gasteiger partial charge >= 0.3 is 0 Å². The Morgan fingerprint density at radius 1 is 1.47 bits per heavy atom. The number of anilines is 1. The molecule has 0 radical (unpaired) electrons. The summed E-state index contributed by atoms with van der Waals surface area (Å²) in [6, 6.07) is 0.334. The van der Waals surface area contributed by atoms with Gasteiger partial charge < -0.3 is 10.4 Å². The van der Waals surface area contributed by atoms with Gasteiger partial charge in [-0.05, 0) is 36.8 Å². The first-order valence-corrected chi connectivity index (χ1v) is 5.37. The fourth-order valence-electron chi connectivity index (χ4n) is 1.90. The third kappa shape index (κ3) is 2.76. The highest BCUT2D eigenvalue weighted by Gasteiger charge is 2.24. The Balaban J connectivity index is 1.92. The summed E-state index contributed by atoms with van der Waals surface area (Å²) in [5.41, 5.74) is 0. The molecule has 1 heterocycles. The Bertz CT molecular complexity index is 336. The second-order valence-electron chi connectivity index (χ2n) is 3.78. The quantitative estimate of drug-likeness (QED) is 0.811. The summed E-state index contributed by atoms with van der Waals surface area (Å²) >= 11 is 5.64. The molecule has 0 amide bonds. The van der Waals surface area contributed by atoms with Gasteiger partial charge in [0.25, 0.3) is 0 Å². The molecule has 82 valence electrons. The second kappa shape index (κ2) is 4.72. The Morgan fingerprint density at radius 2 is 2.33 bits per heavy atom. The Labute approximate surface area is 92.9 Å². The minimum atomic E-state index is 0.198. The van der Waals surface area contributed by atoms with E-state index < -0.39 is 0 Å². The molecule has 2 N–H and O–H groups in total. The van der Waals surface area contributed by atoms with Crippen molar-refractivity contribution in [1.82, 2.24) is 15.0 Å². The number of nitrogens with zero attached hydrogens (tertiary/aromatic N) is 3. The van der Waals surface area contributed by atoms with Crippen molar-refractivity contribution >= 4 is 17.5 Å². The lowest BCUT2D eigenvalue weighted by Crippen LogP contribution is -2.18. The molecule has 6 heteroatoms. The molecule has 0 unspecified atom stereocenters. The highest BCUT2D eigenvalue weighted by Crippen LogP contribution is 2.26. The molecule has 15 heavy (non-hydrogen) atoms. The van der Waals surface area contributed by atoms with Crippen LogP contribution in [0, 0.1) is 5.92 Å². The predicted octanol–water partition coefficient (Wildman–Crippen LogP) is 1.10. The number of aliphatic hydroxyl groups excluding tert-OH is 1. The van der Waals surface area contributed by atoms with Gasteiger partial charge in [0.15, 0.2) is 0 Å². The van der Waals surface area contributed by atoms with Crippen molar-refractivity contribution in [3.8, 4) is 0 Å². The van der Waals surface area contributed by atoms with Crippen molar-refractivity contribution in [1.29, 1.82) is 0 Å². The Kier molecular flexibility index (Phi) is 3.33. The molecule has 1 aliphatic rings. The molecule has 0 aromatic carbocycles. The second-order valence-corrected chi connectivity index (χ2v) is 4.12. The number of aromatic nitrogens is 3.